The maximum atomic E-state index is 10.7. The van der Waals surface area contributed by atoms with Gasteiger partial charge in [0.05, 0.1) is 11.0 Å². The lowest BCUT2D eigenvalue weighted by molar-refractivity contribution is -0.383. The number of aliphatic hydroxyl groups excluding tert-OH is 1. The molecule has 0 spiro atoms. The summed E-state index contributed by atoms with van der Waals surface area (Å²) in [6, 6.07) is 4.90. The van der Waals surface area contributed by atoms with Gasteiger partial charge in [0, 0.05) is 12.6 Å². The second-order valence-electron chi connectivity index (χ2n) is 5.50. The Morgan fingerprint density at radius 3 is 2.65 bits per heavy atom. The molecule has 2 rings (SSSR count). The van der Waals surface area contributed by atoms with Crippen LogP contribution in [0.15, 0.2) is 18.2 Å². The number of nitrogens with two attached hydrogens (primary N) is 1. The molecule has 1 unspecified atom stereocenters. The van der Waals surface area contributed by atoms with Crippen LogP contribution in [0.2, 0.25) is 0 Å². The number of nitro benzene ring substituents is 1. The number of hydrogen-bond donors (Lipinski definition) is 2. The molecule has 1 aromatic carbocycles. The van der Waals surface area contributed by atoms with E-state index in [1.807, 2.05) is 6.92 Å². The van der Waals surface area contributed by atoms with Crippen molar-refractivity contribution in [2.24, 2.45) is 5.92 Å². The van der Waals surface area contributed by atoms with Crippen molar-refractivity contribution in [3.05, 3.63) is 33.9 Å². The van der Waals surface area contributed by atoms with Gasteiger partial charge in [0.25, 0.3) is 5.69 Å². The zero-order chi connectivity index (χ0) is 14.7. The molecule has 0 radical (unpaired) electrons. The average Bonchev–Trinajstić information content (AvgIpc) is 2.39. The monoisotopic (exact) mass is 279 g/mol. The fourth-order valence-corrected chi connectivity index (χ4v) is 2.72. The predicted octanol–water partition coefficient (Wildman–Crippen LogP) is 1.77. The first kappa shape index (κ1) is 14.7. The van der Waals surface area contributed by atoms with Gasteiger partial charge in [0.2, 0.25) is 0 Å². The third kappa shape index (κ3) is 3.46. The summed E-state index contributed by atoms with van der Waals surface area (Å²) in [5.74, 6) is 0.383. The van der Waals surface area contributed by atoms with Gasteiger partial charge in [-0.2, -0.15) is 0 Å². The number of benzene rings is 1. The average molecular weight is 279 g/mol. The van der Waals surface area contributed by atoms with Crippen LogP contribution in [0, 0.1) is 16.0 Å². The quantitative estimate of drug-likeness (QED) is 0.498. The Kier molecular flexibility index (Phi) is 4.57. The Hall–Kier alpha value is -1.66. The van der Waals surface area contributed by atoms with E-state index in [0.29, 0.717) is 5.92 Å². The molecule has 1 aliphatic heterocycles. The van der Waals surface area contributed by atoms with E-state index in [0.717, 1.165) is 38.0 Å². The van der Waals surface area contributed by atoms with E-state index in [-0.39, 0.29) is 17.5 Å². The van der Waals surface area contributed by atoms with Gasteiger partial charge in [0.15, 0.2) is 0 Å². The lowest BCUT2D eigenvalue weighted by Gasteiger charge is -2.33. The molecule has 0 saturated carbocycles. The molecule has 20 heavy (non-hydrogen) atoms. The van der Waals surface area contributed by atoms with Crippen LogP contribution < -0.4 is 5.73 Å². The second-order valence-corrected chi connectivity index (χ2v) is 5.50. The fourth-order valence-electron chi connectivity index (χ4n) is 2.72. The van der Waals surface area contributed by atoms with Crippen molar-refractivity contribution < 1.29 is 10.0 Å². The van der Waals surface area contributed by atoms with Gasteiger partial charge in [-0.3, -0.25) is 15.0 Å². The van der Waals surface area contributed by atoms with E-state index in [1.54, 1.807) is 12.1 Å². The molecule has 1 aromatic rings. The SMILES string of the molecule is CC(O)C1CCN(Cc2ccc([N+](=O)[O-])c(N)c2)CC1. The third-order valence-corrected chi connectivity index (χ3v) is 4.01. The molecule has 0 aromatic heterocycles. The van der Waals surface area contributed by atoms with Crippen molar-refractivity contribution in [2.75, 3.05) is 18.8 Å². The Bertz CT molecular complexity index is 483. The Morgan fingerprint density at radius 2 is 2.15 bits per heavy atom. The minimum Gasteiger partial charge on any atom is -0.393 e. The molecular formula is C14H21N3O3. The van der Waals surface area contributed by atoms with Crippen LogP contribution in [0.4, 0.5) is 11.4 Å². The van der Waals surface area contributed by atoms with Gasteiger partial charge >= 0.3 is 0 Å². The van der Waals surface area contributed by atoms with Crippen LogP contribution in [0.3, 0.4) is 0 Å². The highest BCUT2D eigenvalue weighted by molar-refractivity contribution is 5.59. The largest absolute Gasteiger partial charge is 0.393 e. The summed E-state index contributed by atoms with van der Waals surface area (Å²) in [6.45, 7) is 4.46. The highest BCUT2D eigenvalue weighted by Crippen LogP contribution is 2.25. The molecule has 1 fully saturated rings. The number of anilines is 1. The Morgan fingerprint density at radius 1 is 1.50 bits per heavy atom. The molecule has 110 valence electrons. The summed E-state index contributed by atoms with van der Waals surface area (Å²) >= 11 is 0. The maximum absolute atomic E-state index is 10.7. The zero-order valence-corrected chi connectivity index (χ0v) is 11.7. The molecule has 1 heterocycles. The summed E-state index contributed by atoms with van der Waals surface area (Å²) < 4.78 is 0. The number of rotatable bonds is 4. The fraction of sp³-hybridized carbons (Fsp3) is 0.571. The predicted molar refractivity (Wildman–Crippen MR) is 77.2 cm³/mol. The van der Waals surface area contributed by atoms with Crippen LogP contribution in [-0.2, 0) is 6.54 Å². The van der Waals surface area contributed by atoms with Crippen molar-refractivity contribution in [1.29, 1.82) is 0 Å². The van der Waals surface area contributed by atoms with Crippen molar-refractivity contribution in [2.45, 2.75) is 32.4 Å². The summed E-state index contributed by atoms with van der Waals surface area (Å²) in [4.78, 5) is 12.5. The molecule has 3 N–H and O–H groups in total. The number of piperidine rings is 1. The highest BCUT2D eigenvalue weighted by Gasteiger charge is 2.22. The minimum atomic E-state index is -0.465. The number of nitrogen functional groups attached to an aromatic ring is 1. The van der Waals surface area contributed by atoms with Crippen LogP contribution in [0.5, 0.6) is 0 Å². The smallest absolute Gasteiger partial charge is 0.292 e. The molecule has 1 saturated heterocycles. The van der Waals surface area contributed by atoms with Gasteiger partial charge in [-0.05, 0) is 50.4 Å². The second kappa shape index (κ2) is 6.19. The van der Waals surface area contributed by atoms with E-state index in [4.69, 9.17) is 5.73 Å². The standard InChI is InChI=1S/C14H21N3O3/c1-10(18)12-4-6-16(7-5-12)9-11-2-3-14(17(19)20)13(15)8-11/h2-3,8,10,12,18H,4-7,9,15H2,1H3. The van der Waals surface area contributed by atoms with Crippen molar-refractivity contribution in [1.82, 2.24) is 4.90 Å². The highest BCUT2D eigenvalue weighted by atomic mass is 16.6. The molecule has 6 nitrogen and oxygen atoms in total. The van der Waals surface area contributed by atoms with E-state index in [1.165, 1.54) is 6.07 Å². The molecule has 0 aliphatic carbocycles. The molecule has 1 atom stereocenters. The molecule has 0 amide bonds. The first-order chi connectivity index (χ1) is 9.47. The van der Waals surface area contributed by atoms with Gasteiger partial charge in [0.1, 0.15) is 5.69 Å². The van der Waals surface area contributed by atoms with E-state index < -0.39 is 4.92 Å². The van der Waals surface area contributed by atoms with Crippen molar-refractivity contribution in [3.63, 3.8) is 0 Å². The van der Waals surface area contributed by atoms with Gasteiger partial charge < -0.3 is 10.8 Å². The summed E-state index contributed by atoms with van der Waals surface area (Å²) in [5.41, 5.74) is 6.86. The Labute approximate surface area is 118 Å². The van der Waals surface area contributed by atoms with Gasteiger partial charge in [-0.15, -0.1) is 0 Å². The number of hydrogen-bond acceptors (Lipinski definition) is 5. The van der Waals surface area contributed by atoms with E-state index >= 15 is 0 Å². The molecular weight excluding hydrogens is 258 g/mol. The van der Waals surface area contributed by atoms with E-state index in [9.17, 15) is 15.2 Å². The van der Waals surface area contributed by atoms with Crippen LogP contribution in [0.25, 0.3) is 0 Å². The van der Waals surface area contributed by atoms with Crippen LogP contribution in [-0.4, -0.2) is 34.1 Å². The van der Waals surface area contributed by atoms with Crippen molar-refractivity contribution in [3.8, 4) is 0 Å². The molecule has 1 aliphatic rings. The number of aliphatic hydroxyl groups is 1. The molecule has 0 bridgehead atoms. The topological polar surface area (TPSA) is 92.6 Å². The number of nitrogens with zero attached hydrogens (tertiary/aromatic N) is 2. The number of likely N-dealkylation sites (tertiary alicyclic amines) is 1. The summed E-state index contributed by atoms with van der Waals surface area (Å²) in [7, 11) is 0. The van der Waals surface area contributed by atoms with Gasteiger partial charge in [-0.1, -0.05) is 6.07 Å². The lowest BCUT2D eigenvalue weighted by atomic mass is 9.92. The van der Waals surface area contributed by atoms with Crippen molar-refractivity contribution >= 4 is 11.4 Å². The number of nitro groups is 1. The molecule has 6 heteroatoms. The summed E-state index contributed by atoms with van der Waals surface area (Å²) in [6.07, 6.45) is 1.73. The zero-order valence-electron chi connectivity index (χ0n) is 11.7. The normalized spacial score (nSPS) is 18.9. The maximum Gasteiger partial charge on any atom is 0.292 e. The minimum absolute atomic E-state index is 0.0402. The third-order valence-electron chi connectivity index (χ3n) is 4.01. The first-order valence-electron chi connectivity index (χ1n) is 6.90. The summed E-state index contributed by atoms with van der Waals surface area (Å²) in [5, 5.41) is 20.3. The van der Waals surface area contributed by atoms with E-state index in [2.05, 4.69) is 4.90 Å². The first-order valence-corrected chi connectivity index (χ1v) is 6.90. The van der Waals surface area contributed by atoms with Crippen LogP contribution in [0.1, 0.15) is 25.3 Å². The lowest BCUT2D eigenvalue weighted by Crippen LogP contribution is -2.36. The van der Waals surface area contributed by atoms with Crippen LogP contribution >= 0.6 is 0 Å². The van der Waals surface area contributed by atoms with Gasteiger partial charge in [-0.25, -0.2) is 0 Å². The Balaban J connectivity index is 1.95.